The maximum atomic E-state index is 11.9. The van der Waals surface area contributed by atoms with Crippen LogP contribution in [0.5, 0.6) is 0 Å². The van der Waals surface area contributed by atoms with Gasteiger partial charge in [-0.05, 0) is 54.8 Å². The van der Waals surface area contributed by atoms with E-state index in [1.165, 1.54) is 32.8 Å². The lowest BCUT2D eigenvalue weighted by Crippen LogP contribution is -2.54. The van der Waals surface area contributed by atoms with Crippen molar-refractivity contribution in [2.75, 3.05) is 13.7 Å². The molecule has 0 aromatic rings. The molecule has 0 unspecified atom stereocenters. The van der Waals surface area contributed by atoms with Gasteiger partial charge in [0.05, 0.1) is 31.8 Å². The molecule has 1 saturated heterocycles. The van der Waals surface area contributed by atoms with Crippen LogP contribution >= 0.6 is 0 Å². The first kappa shape index (κ1) is 18.5. The molecule has 0 radical (unpaired) electrons. The van der Waals surface area contributed by atoms with Crippen LogP contribution < -0.4 is 0 Å². The van der Waals surface area contributed by atoms with Crippen molar-refractivity contribution in [2.45, 2.75) is 71.3 Å². The zero-order chi connectivity index (χ0) is 18.3. The maximum Gasteiger partial charge on any atom is 0.334 e. The van der Waals surface area contributed by atoms with Crippen molar-refractivity contribution in [1.29, 1.82) is 5.26 Å². The molecular formula is C21H31NO3. The van der Waals surface area contributed by atoms with E-state index in [1.54, 1.807) is 0 Å². The number of epoxide rings is 1. The van der Waals surface area contributed by atoms with Crippen molar-refractivity contribution in [3.8, 4) is 6.07 Å². The van der Waals surface area contributed by atoms with Crippen LogP contribution in [0.25, 0.3) is 0 Å². The normalized spacial score (nSPS) is 39.4. The number of fused-ring (bicyclic) bond motifs is 1. The molecule has 4 nitrogen and oxygen atoms in total. The molecule has 3 aliphatic rings. The van der Waals surface area contributed by atoms with Crippen LogP contribution in [-0.4, -0.2) is 25.3 Å². The highest BCUT2D eigenvalue weighted by molar-refractivity contribution is 5.88. The molecule has 138 valence electrons. The van der Waals surface area contributed by atoms with Gasteiger partial charge in [0.25, 0.3) is 0 Å². The first-order chi connectivity index (χ1) is 11.8. The van der Waals surface area contributed by atoms with E-state index in [4.69, 9.17) is 14.7 Å². The summed E-state index contributed by atoms with van der Waals surface area (Å²) in [6.45, 7) is 8.13. The Balaban J connectivity index is 1.89. The predicted octanol–water partition coefficient (Wildman–Crippen LogP) is 4.40. The largest absolute Gasteiger partial charge is 0.466 e. The van der Waals surface area contributed by atoms with Gasteiger partial charge in [0.1, 0.15) is 0 Å². The summed E-state index contributed by atoms with van der Waals surface area (Å²) in [6.07, 6.45) is 9.03. The third-order valence-electron chi connectivity index (χ3n) is 7.40. The highest BCUT2D eigenvalue weighted by atomic mass is 16.6. The fraction of sp³-hybridized carbons (Fsp3) is 0.810. The summed E-state index contributed by atoms with van der Waals surface area (Å²) < 4.78 is 10.8. The minimum atomic E-state index is -0.381. The fourth-order valence-corrected chi connectivity index (χ4v) is 6.09. The topological polar surface area (TPSA) is 62.6 Å². The highest BCUT2D eigenvalue weighted by Crippen LogP contribution is 2.66. The number of rotatable bonds is 4. The second-order valence-corrected chi connectivity index (χ2v) is 9.14. The number of ether oxygens (including phenoxy) is 2. The molecule has 3 rings (SSSR count). The molecule has 1 aliphatic heterocycles. The summed E-state index contributed by atoms with van der Waals surface area (Å²) in [7, 11) is 1.38. The lowest BCUT2D eigenvalue weighted by atomic mass is 9.46. The third-order valence-corrected chi connectivity index (χ3v) is 7.40. The minimum absolute atomic E-state index is 0.00302. The molecule has 0 amide bonds. The predicted molar refractivity (Wildman–Crippen MR) is 95.6 cm³/mol. The van der Waals surface area contributed by atoms with Gasteiger partial charge in [-0.1, -0.05) is 33.3 Å². The van der Waals surface area contributed by atoms with Crippen molar-refractivity contribution < 1.29 is 14.3 Å². The summed E-state index contributed by atoms with van der Waals surface area (Å²) in [4.78, 5) is 11.9. The van der Waals surface area contributed by atoms with Crippen LogP contribution in [0.3, 0.4) is 0 Å². The van der Waals surface area contributed by atoms with E-state index in [2.05, 4.69) is 26.8 Å². The van der Waals surface area contributed by atoms with Crippen molar-refractivity contribution in [3.63, 3.8) is 0 Å². The summed E-state index contributed by atoms with van der Waals surface area (Å²) in [5.74, 6) is 0.727. The molecule has 0 aromatic heterocycles. The number of nitrogens with zero attached hydrogens (tertiary/aromatic N) is 1. The van der Waals surface area contributed by atoms with Gasteiger partial charge in [-0.15, -0.1) is 0 Å². The summed E-state index contributed by atoms with van der Waals surface area (Å²) in [5.41, 5.74) is 1.09. The van der Waals surface area contributed by atoms with Crippen LogP contribution in [0, 0.1) is 34.0 Å². The highest BCUT2D eigenvalue weighted by Gasteiger charge is 2.64. The van der Waals surface area contributed by atoms with Gasteiger partial charge in [0, 0.05) is 5.57 Å². The van der Waals surface area contributed by atoms with Crippen LogP contribution in [0.1, 0.15) is 65.7 Å². The number of carbonyl (C=O) groups is 1. The van der Waals surface area contributed by atoms with Crippen molar-refractivity contribution in [2.24, 2.45) is 22.7 Å². The number of carbonyl (C=O) groups excluding carboxylic acids is 1. The average molecular weight is 345 g/mol. The number of esters is 1. The van der Waals surface area contributed by atoms with Crippen molar-refractivity contribution in [3.05, 3.63) is 11.6 Å². The van der Waals surface area contributed by atoms with Gasteiger partial charge in [-0.3, -0.25) is 0 Å². The third kappa shape index (κ3) is 3.12. The van der Waals surface area contributed by atoms with E-state index < -0.39 is 0 Å². The standard InChI is InChI=1S/C21H31NO3/c1-19(2)10-5-11-20(3)16(19)8-12-21(14-25-21)17(20)7-6-15(9-13-22)18(23)24-4/h6,16-17H,5,7-12,14H2,1-4H3/b15-6+/t16-,17+,20-,21+/m0/s1. The number of methoxy groups -OCH3 is 1. The number of nitriles is 1. The van der Waals surface area contributed by atoms with Crippen LogP contribution in [0.4, 0.5) is 0 Å². The van der Waals surface area contributed by atoms with Crippen LogP contribution in [0.15, 0.2) is 11.6 Å². The molecule has 2 aliphatic carbocycles. The Morgan fingerprint density at radius 3 is 2.64 bits per heavy atom. The molecule has 4 atom stereocenters. The van der Waals surface area contributed by atoms with Gasteiger partial charge in [-0.25, -0.2) is 4.79 Å². The van der Waals surface area contributed by atoms with E-state index in [0.717, 1.165) is 19.4 Å². The van der Waals surface area contributed by atoms with E-state index in [9.17, 15) is 4.79 Å². The first-order valence-electron chi connectivity index (χ1n) is 9.57. The van der Waals surface area contributed by atoms with Crippen molar-refractivity contribution >= 4 is 5.97 Å². The smallest absolute Gasteiger partial charge is 0.334 e. The first-order valence-corrected chi connectivity index (χ1v) is 9.57. The molecular weight excluding hydrogens is 314 g/mol. The second-order valence-electron chi connectivity index (χ2n) is 9.14. The van der Waals surface area contributed by atoms with Gasteiger partial charge in [-0.2, -0.15) is 5.26 Å². The van der Waals surface area contributed by atoms with Gasteiger partial charge < -0.3 is 9.47 Å². The van der Waals surface area contributed by atoms with Gasteiger partial charge >= 0.3 is 5.97 Å². The molecule has 2 saturated carbocycles. The Labute approximate surface area is 151 Å². The molecule has 0 N–H and O–H groups in total. The SMILES string of the molecule is COC(=O)/C(=C/C[C@H]1[C@@]2(CC[C@H]3C(C)(C)CCC[C@@]31C)CO2)CC#N. The summed E-state index contributed by atoms with van der Waals surface area (Å²) in [5, 5.41) is 9.02. The Morgan fingerprint density at radius 1 is 1.32 bits per heavy atom. The van der Waals surface area contributed by atoms with E-state index >= 15 is 0 Å². The maximum absolute atomic E-state index is 11.9. The zero-order valence-corrected chi connectivity index (χ0v) is 16.1. The Bertz CT molecular complexity index is 611. The molecule has 0 bridgehead atoms. The quantitative estimate of drug-likeness (QED) is 0.430. The summed E-state index contributed by atoms with van der Waals surface area (Å²) >= 11 is 0. The minimum Gasteiger partial charge on any atom is -0.466 e. The molecule has 25 heavy (non-hydrogen) atoms. The summed E-state index contributed by atoms with van der Waals surface area (Å²) in [6, 6.07) is 2.09. The second kappa shape index (κ2) is 6.43. The number of allylic oxidation sites excluding steroid dienone is 1. The lowest BCUT2D eigenvalue weighted by Gasteiger charge is -2.59. The lowest BCUT2D eigenvalue weighted by molar-refractivity contribution is -0.136. The van der Waals surface area contributed by atoms with Crippen LogP contribution in [-0.2, 0) is 14.3 Å². The molecule has 4 heteroatoms. The Hall–Kier alpha value is -1.34. The number of hydrogen-bond donors (Lipinski definition) is 0. The number of hydrogen-bond acceptors (Lipinski definition) is 4. The van der Waals surface area contributed by atoms with E-state index in [-0.39, 0.29) is 23.4 Å². The van der Waals surface area contributed by atoms with Gasteiger partial charge in [0.15, 0.2) is 0 Å². The average Bonchev–Trinajstić information content (AvgIpc) is 3.31. The monoisotopic (exact) mass is 345 g/mol. The molecule has 1 spiro atoms. The van der Waals surface area contributed by atoms with Gasteiger partial charge in [0.2, 0.25) is 0 Å². The molecule has 0 aromatic carbocycles. The Kier molecular flexibility index (Phi) is 4.75. The zero-order valence-electron chi connectivity index (χ0n) is 16.1. The molecule has 3 fully saturated rings. The fourth-order valence-electron chi connectivity index (χ4n) is 6.09. The van der Waals surface area contributed by atoms with Crippen molar-refractivity contribution in [1.82, 2.24) is 0 Å². The van der Waals surface area contributed by atoms with E-state index in [0.29, 0.717) is 22.8 Å². The molecule has 1 heterocycles. The van der Waals surface area contributed by atoms with E-state index in [1.807, 2.05) is 6.08 Å². The Morgan fingerprint density at radius 2 is 2.04 bits per heavy atom. The van der Waals surface area contributed by atoms with Crippen LogP contribution in [0.2, 0.25) is 0 Å².